The zero-order chi connectivity index (χ0) is 21.6. The number of nitrogens with zero attached hydrogens (tertiary/aromatic N) is 4. The Morgan fingerprint density at radius 3 is 2.74 bits per heavy atom. The maximum Gasteiger partial charge on any atom is 0.254 e. The predicted molar refractivity (Wildman–Crippen MR) is 113 cm³/mol. The van der Waals surface area contributed by atoms with E-state index >= 15 is 0 Å². The minimum atomic E-state index is -0.535. The van der Waals surface area contributed by atoms with E-state index in [2.05, 4.69) is 25.6 Å². The normalized spacial score (nSPS) is 25.0. The van der Waals surface area contributed by atoms with Gasteiger partial charge in [0.25, 0.3) is 5.91 Å². The summed E-state index contributed by atoms with van der Waals surface area (Å²) in [5, 5.41) is 27.5. The molecule has 1 spiro atoms. The second-order valence-electron chi connectivity index (χ2n) is 8.94. The van der Waals surface area contributed by atoms with Crippen LogP contribution in [0.5, 0.6) is 0 Å². The first-order chi connectivity index (χ1) is 15.0. The minimum absolute atomic E-state index is 0.0315. The van der Waals surface area contributed by atoms with E-state index in [1.54, 1.807) is 12.1 Å². The average molecular weight is 425 g/mol. The van der Waals surface area contributed by atoms with Crippen LogP contribution < -0.4 is 16.1 Å². The summed E-state index contributed by atoms with van der Waals surface area (Å²) in [7, 11) is 0. The number of aryl methyl sites for hydroxylation is 1. The molecule has 2 aliphatic carbocycles. The first kappa shape index (κ1) is 20.0. The Kier molecular flexibility index (Phi) is 4.92. The van der Waals surface area contributed by atoms with E-state index in [1.165, 1.54) is 6.33 Å². The Bertz CT molecular complexity index is 1090. The van der Waals surface area contributed by atoms with Crippen molar-refractivity contribution in [3.8, 4) is 0 Å². The molecule has 9 heteroatoms. The molecule has 3 aliphatic rings. The fourth-order valence-corrected chi connectivity index (χ4v) is 5.30. The SMILES string of the molecule is Cc1cc(=Nc2cc(N[C@@H]3CCC[C@H]3O)ncn2)n(O)c2c1C(=O)NC21CCCCC1. The molecule has 31 heavy (non-hydrogen) atoms. The highest BCUT2D eigenvalue weighted by atomic mass is 16.5. The van der Waals surface area contributed by atoms with Crippen LogP contribution in [-0.4, -0.2) is 43.1 Å². The Labute approximate surface area is 180 Å². The van der Waals surface area contributed by atoms with Crippen LogP contribution in [0.2, 0.25) is 0 Å². The highest BCUT2D eigenvalue weighted by Gasteiger charge is 2.47. The molecule has 4 N–H and O–H groups in total. The van der Waals surface area contributed by atoms with Gasteiger partial charge in [0.15, 0.2) is 11.3 Å². The maximum absolute atomic E-state index is 12.7. The lowest BCUT2D eigenvalue weighted by atomic mass is 9.79. The van der Waals surface area contributed by atoms with Gasteiger partial charge in [-0.3, -0.25) is 4.79 Å². The molecule has 3 heterocycles. The van der Waals surface area contributed by atoms with Crippen molar-refractivity contribution in [1.29, 1.82) is 0 Å². The number of hydrogen-bond donors (Lipinski definition) is 4. The van der Waals surface area contributed by atoms with Gasteiger partial charge in [-0.25, -0.2) is 15.0 Å². The van der Waals surface area contributed by atoms with Crippen molar-refractivity contribution >= 4 is 17.5 Å². The Morgan fingerprint density at radius 2 is 2.00 bits per heavy atom. The summed E-state index contributed by atoms with van der Waals surface area (Å²) in [6, 6.07) is 3.37. The fourth-order valence-electron chi connectivity index (χ4n) is 5.30. The van der Waals surface area contributed by atoms with Crippen molar-refractivity contribution in [1.82, 2.24) is 20.0 Å². The molecule has 0 aromatic carbocycles. The number of anilines is 1. The van der Waals surface area contributed by atoms with Crippen LogP contribution in [0, 0.1) is 6.92 Å². The number of fused-ring (bicyclic) bond motifs is 2. The largest absolute Gasteiger partial charge is 0.427 e. The third-order valence-corrected chi connectivity index (χ3v) is 6.84. The average Bonchev–Trinajstić information content (AvgIpc) is 3.27. The standard InChI is InChI=1S/C22H28N6O3/c1-13-10-18(26-17-11-16(23-12-24-17)25-14-6-5-7-15(14)29)28(31)20-19(13)21(30)27-22(20)8-3-2-4-9-22/h10-12,14-15,29,31H,2-9H2,1H3,(H,27,30)(H,23,24,25)/t14-,15-/m1/s1. The van der Waals surface area contributed by atoms with Crippen LogP contribution in [0.1, 0.15) is 73.0 Å². The van der Waals surface area contributed by atoms with Crippen molar-refractivity contribution in [2.24, 2.45) is 4.99 Å². The number of hydrogen-bond acceptors (Lipinski definition) is 7. The second-order valence-corrected chi connectivity index (χ2v) is 8.94. The van der Waals surface area contributed by atoms with E-state index in [0.717, 1.165) is 61.7 Å². The van der Waals surface area contributed by atoms with Crippen LogP contribution in [0.25, 0.3) is 0 Å². The molecule has 0 saturated heterocycles. The summed E-state index contributed by atoms with van der Waals surface area (Å²) in [5.41, 5.74) is 1.72. The van der Waals surface area contributed by atoms with Gasteiger partial charge in [0.1, 0.15) is 12.1 Å². The molecule has 2 atom stereocenters. The third kappa shape index (κ3) is 3.46. The Hall–Kier alpha value is -2.94. The molecule has 9 nitrogen and oxygen atoms in total. The molecule has 2 aromatic heterocycles. The number of aliphatic hydroxyl groups is 1. The van der Waals surface area contributed by atoms with E-state index in [9.17, 15) is 15.1 Å². The molecule has 0 unspecified atom stereocenters. The van der Waals surface area contributed by atoms with Gasteiger partial charge >= 0.3 is 0 Å². The number of nitrogens with one attached hydrogen (secondary N) is 2. The molecular formula is C22H28N6O3. The van der Waals surface area contributed by atoms with E-state index in [-0.39, 0.29) is 18.1 Å². The molecule has 0 bridgehead atoms. The molecule has 5 rings (SSSR count). The van der Waals surface area contributed by atoms with Gasteiger partial charge in [-0.05, 0) is 50.7 Å². The number of aromatic nitrogens is 3. The van der Waals surface area contributed by atoms with Crippen LogP contribution in [-0.2, 0) is 5.54 Å². The molecule has 1 amide bonds. The lowest BCUT2D eigenvalue weighted by molar-refractivity contribution is 0.0892. The number of amides is 1. The first-order valence-electron chi connectivity index (χ1n) is 11.1. The Morgan fingerprint density at radius 1 is 1.19 bits per heavy atom. The summed E-state index contributed by atoms with van der Waals surface area (Å²) in [6.07, 6.45) is 8.45. The molecule has 0 radical (unpaired) electrons. The predicted octanol–water partition coefficient (Wildman–Crippen LogP) is 2.28. The zero-order valence-corrected chi connectivity index (χ0v) is 17.6. The maximum atomic E-state index is 12.7. The number of aliphatic hydroxyl groups excluding tert-OH is 1. The number of carbonyl (C=O) groups excluding carboxylic acids is 1. The van der Waals surface area contributed by atoms with Gasteiger partial charge in [0.05, 0.1) is 28.9 Å². The van der Waals surface area contributed by atoms with Crippen molar-refractivity contribution in [3.63, 3.8) is 0 Å². The van der Waals surface area contributed by atoms with Crippen LogP contribution in [0.3, 0.4) is 0 Å². The van der Waals surface area contributed by atoms with Gasteiger partial charge in [0.2, 0.25) is 0 Å². The highest BCUT2D eigenvalue weighted by Crippen LogP contribution is 2.42. The summed E-state index contributed by atoms with van der Waals surface area (Å²) >= 11 is 0. The Balaban J connectivity index is 1.54. The summed E-state index contributed by atoms with van der Waals surface area (Å²) in [5.74, 6) is 0.845. The smallest absolute Gasteiger partial charge is 0.254 e. The lowest BCUT2D eigenvalue weighted by Crippen LogP contribution is -2.43. The molecule has 164 valence electrons. The van der Waals surface area contributed by atoms with Crippen molar-refractivity contribution in [3.05, 3.63) is 40.8 Å². The monoisotopic (exact) mass is 424 g/mol. The summed E-state index contributed by atoms with van der Waals surface area (Å²) < 4.78 is 1.06. The quantitative estimate of drug-likeness (QED) is 0.561. The zero-order valence-electron chi connectivity index (χ0n) is 17.6. The second kappa shape index (κ2) is 7.64. The van der Waals surface area contributed by atoms with E-state index in [1.807, 2.05) is 6.92 Å². The van der Waals surface area contributed by atoms with Gasteiger partial charge in [0, 0.05) is 6.07 Å². The van der Waals surface area contributed by atoms with Gasteiger partial charge in [-0.1, -0.05) is 19.3 Å². The lowest BCUT2D eigenvalue weighted by Gasteiger charge is -2.34. The van der Waals surface area contributed by atoms with Crippen molar-refractivity contribution in [2.75, 3.05) is 5.32 Å². The van der Waals surface area contributed by atoms with Gasteiger partial charge in [-0.2, -0.15) is 4.73 Å². The number of carbonyl (C=O) groups is 1. The van der Waals surface area contributed by atoms with Crippen LogP contribution >= 0.6 is 0 Å². The van der Waals surface area contributed by atoms with Crippen LogP contribution in [0.15, 0.2) is 23.5 Å². The van der Waals surface area contributed by atoms with Gasteiger partial charge < -0.3 is 20.9 Å². The van der Waals surface area contributed by atoms with E-state index in [4.69, 9.17) is 0 Å². The molecule has 1 aliphatic heterocycles. The van der Waals surface area contributed by atoms with Gasteiger partial charge in [-0.15, -0.1) is 0 Å². The van der Waals surface area contributed by atoms with Crippen molar-refractivity contribution in [2.45, 2.75) is 76.0 Å². The van der Waals surface area contributed by atoms with Crippen molar-refractivity contribution < 1.29 is 15.1 Å². The summed E-state index contributed by atoms with van der Waals surface area (Å²) in [4.78, 5) is 25.7. The van der Waals surface area contributed by atoms with E-state index < -0.39 is 5.54 Å². The molecule has 2 aromatic rings. The molecular weight excluding hydrogens is 396 g/mol. The number of pyridine rings is 1. The third-order valence-electron chi connectivity index (χ3n) is 6.84. The number of rotatable bonds is 3. The molecule has 2 saturated carbocycles. The summed E-state index contributed by atoms with van der Waals surface area (Å²) in [6.45, 7) is 1.87. The minimum Gasteiger partial charge on any atom is -0.427 e. The van der Waals surface area contributed by atoms with E-state index in [0.29, 0.717) is 28.4 Å². The highest BCUT2D eigenvalue weighted by molar-refractivity contribution is 6.00. The van der Waals surface area contributed by atoms with Crippen LogP contribution in [0.4, 0.5) is 11.6 Å². The first-order valence-corrected chi connectivity index (χ1v) is 11.1. The molecule has 2 fully saturated rings. The fraction of sp³-hybridized carbons (Fsp3) is 0.545. The topological polar surface area (TPSA) is 125 Å².